The number of halogens is 2. The lowest BCUT2D eigenvalue weighted by atomic mass is 10.1. The van der Waals surface area contributed by atoms with Crippen LogP contribution in [-0.4, -0.2) is 0 Å². The normalized spacial score (nSPS) is 10.5. The van der Waals surface area contributed by atoms with E-state index in [2.05, 4.69) is 41.9 Å². The molecule has 0 aliphatic rings. The van der Waals surface area contributed by atoms with Crippen molar-refractivity contribution in [3.05, 3.63) is 62.6 Å². The van der Waals surface area contributed by atoms with Crippen molar-refractivity contribution in [2.75, 3.05) is 0 Å². The molecule has 0 saturated heterocycles. The second-order valence-electron chi connectivity index (χ2n) is 4.50. The quantitative estimate of drug-likeness (QED) is 0.709. The van der Waals surface area contributed by atoms with Crippen LogP contribution in [0.3, 0.4) is 0 Å². The van der Waals surface area contributed by atoms with E-state index < -0.39 is 0 Å². The van der Waals surface area contributed by atoms with Gasteiger partial charge in [-0.25, -0.2) is 0 Å². The summed E-state index contributed by atoms with van der Waals surface area (Å²) in [6.45, 7) is 4.77. The van der Waals surface area contributed by atoms with Crippen molar-refractivity contribution in [3.8, 4) is 5.75 Å². The summed E-state index contributed by atoms with van der Waals surface area (Å²) in [5.41, 5.74) is 3.57. The summed E-state index contributed by atoms with van der Waals surface area (Å²) in [6.07, 6.45) is 0.955. The molecular weight excluding hydrogens is 324 g/mol. The van der Waals surface area contributed by atoms with Gasteiger partial charge in [0.05, 0.1) is 4.47 Å². The maximum absolute atomic E-state index is 5.95. The van der Waals surface area contributed by atoms with Gasteiger partial charge in [0.25, 0.3) is 0 Å². The zero-order chi connectivity index (χ0) is 13.8. The molecule has 0 heterocycles. The van der Waals surface area contributed by atoms with Gasteiger partial charge in [-0.15, -0.1) is 0 Å². The van der Waals surface area contributed by atoms with Gasteiger partial charge in [-0.1, -0.05) is 36.7 Å². The van der Waals surface area contributed by atoms with Crippen molar-refractivity contribution in [1.82, 2.24) is 0 Å². The summed E-state index contributed by atoms with van der Waals surface area (Å²) in [5, 5.41) is 0.745. The Labute approximate surface area is 127 Å². The molecule has 0 spiro atoms. The number of hydrogen-bond acceptors (Lipinski definition) is 1. The van der Waals surface area contributed by atoms with Gasteiger partial charge in [0.15, 0.2) is 0 Å². The third-order valence-corrected chi connectivity index (χ3v) is 3.78. The molecule has 0 bridgehead atoms. The Morgan fingerprint density at radius 2 is 1.84 bits per heavy atom. The van der Waals surface area contributed by atoms with Crippen LogP contribution in [0.25, 0.3) is 0 Å². The van der Waals surface area contributed by atoms with E-state index in [0.29, 0.717) is 6.61 Å². The fourth-order valence-electron chi connectivity index (χ4n) is 1.96. The fourth-order valence-corrected chi connectivity index (χ4v) is 2.82. The van der Waals surface area contributed by atoms with Crippen LogP contribution in [0.15, 0.2) is 40.9 Å². The third-order valence-electron chi connectivity index (χ3n) is 2.94. The zero-order valence-corrected chi connectivity index (χ0v) is 13.4. The van der Waals surface area contributed by atoms with Gasteiger partial charge in [0.2, 0.25) is 0 Å². The Morgan fingerprint density at radius 1 is 1.16 bits per heavy atom. The standard InChI is InChI=1S/C16H16BrClO/c1-3-13-8-11(2)9-15(17)16(13)19-10-12-4-6-14(18)7-5-12/h4-9H,3,10H2,1-2H3. The second-order valence-corrected chi connectivity index (χ2v) is 5.79. The lowest BCUT2D eigenvalue weighted by Gasteiger charge is -2.13. The van der Waals surface area contributed by atoms with E-state index in [9.17, 15) is 0 Å². The van der Waals surface area contributed by atoms with E-state index in [1.165, 1.54) is 11.1 Å². The Balaban J connectivity index is 2.17. The predicted octanol–water partition coefficient (Wildman–Crippen LogP) is 5.55. The third kappa shape index (κ3) is 3.74. The highest BCUT2D eigenvalue weighted by Gasteiger charge is 2.08. The molecule has 0 aromatic heterocycles. The van der Waals surface area contributed by atoms with Gasteiger partial charge in [-0.3, -0.25) is 0 Å². The molecule has 0 aliphatic heterocycles. The van der Waals surface area contributed by atoms with Crippen LogP contribution >= 0.6 is 27.5 Å². The first kappa shape index (κ1) is 14.4. The highest BCUT2D eigenvalue weighted by molar-refractivity contribution is 9.10. The molecule has 2 aromatic carbocycles. The molecule has 2 aromatic rings. The van der Waals surface area contributed by atoms with Gasteiger partial charge in [0, 0.05) is 5.02 Å². The minimum absolute atomic E-state index is 0.547. The maximum atomic E-state index is 5.95. The molecule has 0 radical (unpaired) electrons. The summed E-state index contributed by atoms with van der Waals surface area (Å²) in [5.74, 6) is 0.933. The lowest BCUT2D eigenvalue weighted by Crippen LogP contribution is -1.99. The van der Waals surface area contributed by atoms with Crippen LogP contribution in [0, 0.1) is 6.92 Å². The lowest BCUT2D eigenvalue weighted by molar-refractivity contribution is 0.301. The van der Waals surface area contributed by atoms with Crippen LogP contribution in [0.4, 0.5) is 0 Å². The van der Waals surface area contributed by atoms with E-state index >= 15 is 0 Å². The van der Waals surface area contributed by atoms with Crippen molar-refractivity contribution >= 4 is 27.5 Å². The number of hydrogen-bond donors (Lipinski definition) is 0. The Bertz CT molecular complexity index is 564. The molecule has 2 rings (SSSR count). The molecule has 0 atom stereocenters. The number of rotatable bonds is 4. The first-order chi connectivity index (χ1) is 9.10. The van der Waals surface area contributed by atoms with E-state index in [1.54, 1.807) is 0 Å². The molecule has 0 unspecified atom stereocenters. The average Bonchev–Trinajstić information content (AvgIpc) is 2.39. The molecule has 0 fully saturated rings. The van der Waals surface area contributed by atoms with Crippen LogP contribution in [0.1, 0.15) is 23.6 Å². The van der Waals surface area contributed by atoms with Crippen LogP contribution in [-0.2, 0) is 13.0 Å². The Kier molecular flexibility index (Phi) is 4.89. The van der Waals surface area contributed by atoms with Gasteiger partial charge in [-0.2, -0.15) is 0 Å². The Hall–Kier alpha value is -0.990. The highest BCUT2D eigenvalue weighted by Crippen LogP contribution is 2.31. The highest BCUT2D eigenvalue weighted by atomic mass is 79.9. The van der Waals surface area contributed by atoms with Crippen molar-refractivity contribution in [1.29, 1.82) is 0 Å². The zero-order valence-electron chi connectivity index (χ0n) is 11.0. The van der Waals surface area contributed by atoms with Crippen molar-refractivity contribution in [2.45, 2.75) is 26.9 Å². The number of ether oxygens (including phenoxy) is 1. The van der Waals surface area contributed by atoms with Gasteiger partial charge < -0.3 is 4.74 Å². The molecule has 0 saturated carbocycles. The minimum Gasteiger partial charge on any atom is -0.487 e. The largest absolute Gasteiger partial charge is 0.487 e. The SMILES string of the molecule is CCc1cc(C)cc(Br)c1OCc1ccc(Cl)cc1. The van der Waals surface area contributed by atoms with Gasteiger partial charge in [0.1, 0.15) is 12.4 Å². The van der Waals surface area contributed by atoms with Crippen molar-refractivity contribution in [2.24, 2.45) is 0 Å². The summed E-state index contributed by atoms with van der Waals surface area (Å²) in [4.78, 5) is 0. The van der Waals surface area contributed by atoms with Gasteiger partial charge >= 0.3 is 0 Å². The maximum Gasteiger partial charge on any atom is 0.137 e. The molecule has 0 N–H and O–H groups in total. The van der Waals surface area contributed by atoms with E-state index in [0.717, 1.165) is 27.2 Å². The summed E-state index contributed by atoms with van der Waals surface area (Å²) >= 11 is 9.45. The minimum atomic E-state index is 0.547. The second kappa shape index (κ2) is 6.44. The number of aryl methyl sites for hydroxylation is 2. The molecule has 1 nitrogen and oxygen atoms in total. The average molecular weight is 340 g/mol. The Morgan fingerprint density at radius 3 is 2.47 bits per heavy atom. The van der Waals surface area contributed by atoms with E-state index in [-0.39, 0.29) is 0 Å². The topological polar surface area (TPSA) is 9.23 Å². The molecule has 0 aliphatic carbocycles. The van der Waals surface area contributed by atoms with Crippen molar-refractivity contribution in [3.63, 3.8) is 0 Å². The van der Waals surface area contributed by atoms with Crippen LogP contribution in [0.5, 0.6) is 5.75 Å². The predicted molar refractivity (Wildman–Crippen MR) is 84.0 cm³/mol. The van der Waals surface area contributed by atoms with E-state index in [4.69, 9.17) is 16.3 Å². The summed E-state index contributed by atoms with van der Waals surface area (Å²) < 4.78 is 6.96. The van der Waals surface area contributed by atoms with Crippen LogP contribution < -0.4 is 4.74 Å². The summed E-state index contributed by atoms with van der Waals surface area (Å²) in [7, 11) is 0. The monoisotopic (exact) mass is 338 g/mol. The molecule has 19 heavy (non-hydrogen) atoms. The molecule has 100 valence electrons. The van der Waals surface area contributed by atoms with E-state index in [1.807, 2.05) is 24.3 Å². The van der Waals surface area contributed by atoms with Gasteiger partial charge in [-0.05, 0) is 64.2 Å². The first-order valence-corrected chi connectivity index (χ1v) is 7.43. The molecule has 0 amide bonds. The number of benzene rings is 2. The first-order valence-electron chi connectivity index (χ1n) is 6.26. The van der Waals surface area contributed by atoms with Crippen LogP contribution in [0.2, 0.25) is 5.02 Å². The summed E-state index contributed by atoms with van der Waals surface area (Å²) in [6, 6.07) is 12.0. The molecule has 3 heteroatoms. The smallest absolute Gasteiger partial charge is 0.137 e. The fraction of sp³-hybridized carbons (Fsp3) is 0.250. The van der Waals surface area contributed by atoms with Crippen molar-refractivity contribution < 1.29 is 4.74 Å². The molecular formula is C16H16BrClO.